The van der Waals surface area contributed by atoms with Crippen LogP contribution in [0.5, 0.6) is 5.88 Å². The number of aryl methyl sites for hydroxylation is 1. The summed E-state index contributed by atoms with van der Waals surface area (Å²) in [6, 6.07) is 3.47. The van der Waals surface area contributed by atoms with Gasteiger partial charge in [0.1, 0.15) is 5.56 Å². The lowest BCUT2D eigenvalue weighted by Gasteiger charge is -1.99. The molecule has 0 aromatic carbocycles. The first kappa shape index (κ1) is 14.5. The smallest absolute Gasteiger partial charge is 0.322 e. The first-order chi connectivity index (χ1) is 10.6. The van der Waals surface area contributed by atoms with E-state index in [4.69, 9.17) is 20.8 Å². The van der Waals surface area contributed by atoms with E-state index < -0.39 is 5.91 Å². The highest BCUT2D eigenvalue weighted by Crippen LogP contribution is 2.30. The number of carbonyl (C=O) groups excluding carboxylic acids is 1. The Morgan fingerprint density at radius 2 is 2.27 bits per heavy atom. The van der Waals surface area contributed by atoms with Crippen molar-refractivity contribution in [2.75, 3.05) is 12.4 Å². The Morgan fingerprint density at radius 3 is 2.95 bits per heavy atom. The average molecular weight is 340 g/mol. The molecule has 8 nitrogen and oxygen atoms in total. The number of nitrogens with one attached hydrogen (secondary N) is 1. The maximum Gasteiger partial charge on any atom is 0.322 e. The van der Waals surface area contributed by atoms with E-state index in [0.29, 0.717) is 4.34 Å². The molecule has 3 rings (SSSR count). The second kappa shape index (κ2) is 5.78. The van der Waals surface area contributed by atoms with Crippen LogP contribution in [0.2, 0.25) is 4.34 Å². The van der Waals surface area contributed by atoms with Crippen LogP contribution in [0.25, 0.3) is 10.8 Å². The van der Waals surface area contributed by atoms with Crippen LogP contribution >= 0.6 is 22.9 Å². The molecule has 22 heavy (non-hydrogen) atoms. The number of hydrogen-bond donors (Lipinski definition) is 1. The van der Waals surface area contributed by atoms with Crippen molar-refractivity contribution in [2.45, 2.75) is 0 Å². The van der Waals surface area contributed by atoms with E-state index in [0.717, 1.165) is 4.88 Å². The van der Waals surface area contributed by atoms with Crippen LogP contribution in [0.4, 0.5) is 6.01 Å². The number of methoxy groups -OCH3 is 1. The molecule has 0 saturated heterocycles. The summed E-state index contributed by atoms with van der Waals surface area (Å²) in [4.78, 5) is 12.9. The third kappa shape index (κ3) is 2.81. The lowest BCUT2D eigenvalue weighted by atomic mass is 10.3. The van der Waals surface area contributed by atoms with Gasteiger partial charge in [-0.2, -0.15) is 0 Å². The van der Waals surface area contributed by atoms with Crippen molar-refractivity contribution in [1.29, 1.82) is 0 Å². The van der Waals surface area contributed by atoms with Crippen molar-refractivity contribution in [2.24, 2.45) is 7.05 Å². The predicted molar refractivity (Wildman–Crippen MR) is 80.3 cm³/mol. The highest BCUT2D eigenvalue weighted by Gasteiger charge is 2.19. The number of thiophene rings is 1. The highest BCUT2D eigenvalue weighted by molar-refractivity contribution is 7.19. The Kier molecular flexibility index (Phi) is 3.82. The summed E-state index contributed by atoms with van der Waals surface area (Å²) >= 11 is 7.15. The van der Waals surface area contributed by atoms with Crippen LogP contribution in [-0.2, 0) is 7.05 Å². The number of amides is 1. The zero-order chi connectivity index (χ0) is 15.7. The van der Waals surface area contributed by atoms with E-state index in [1.807, 2.05) is 0 Å². The van der Waals surface area contributed by atoms with E-state index in [9.17, 15) is 4.79 Å². The van der Waals surface area contributed by atoms with E-state index in [1.54, 1.807) is 19.2 Å². The van der Waals surface area contributed by atoms with Gasteiger partial charge >= 0.3 is 6.01 Å². The Hall–Kier alpha value is -2.39. The minimum Gasteiger partial charge on any atom is -0.479 e. The topological polar surface area (TPSA) is 95.1 Å². The molecule has 3 aromatic heterocycles. The number of nitrogens with zero attached hydrogens (tertiary/aromatic N) is 4. The fourth-order valence-corrected chi connectivity index (χ4v) is 2.71. The SMILES string of the molecule is COc1nn(C)cc1C(=O)Nc1nnc(-c2ccc(Cl)s2)o1. The molecule has 0 spiro atoms. The van der Waals surface area contributed by atoms with Gasteiger partial charge in [-0.25, -0.2) is 0 Å². The normalized spacial score (nSPS) is 10.7. The van der Waals surface area contributed by atoms with Gasteiger partial charge in [-0.3, -0.25) is 14.8 Å². The second-order valence-corrected chi connectivity index (χ2v) is 5.91. The molecule has 0 unspecified atom stereocenters. The molecular weight excluding hydrogens is 330 g/mol. The molecule has 0 radical (unpaired) electrons. The van der Waals surface area contributed by atoms with E-state index in [-0.39, 0.29) is 23.3 Å². The largest absolute Gasteiger partial charge is 0.479 e. The molecule has 0 bridgehead atoms. The zero-order valence-corrected chi connectivity index (χ0v) is 13.1. The number of hydrogen-bond acceptors (Lipinski definition) is 7. The molecule has 3 heterocycles. The molecule has 0 aliphatic rings. The van der Waals surface area contributed by atoms with Crippen LogP contribution < -0.4 is 10.1 Å². The molecule has 3 aromatic rings. The molecule has 0 aliphatic heterocycles. The number of anilines is 1. The molecule has 0 fully saturated rings. The van der Waals surface area contributed by atoms with Crippen LogP contribution in [0.1, 0.15) is 10.4 Å². The number of halogens is 1. The lowest BCUT2D eigenvalue weighted by Crippen LogP contribution is -2.12. The molecule has 114 valence electrons. The summed E-state index contributed by atoms with van der Waals surface area (Å²) in [6.45, 7) is 0. The monoisotopic (exact) mass is 339 g/mol. The maximum atomic E-state index is 12.2. The van der Waals surface area contributed by atoms with E-state index >= 15 is 0 Å². The summed E-state index contributed by atoms with van der Waals surface area (Å²) in [5.74, 6) is 0.0412. The summed E-state index contributed by atoms with van der Waals surface area (Å²) in [7, 11) is 3.12. The summed E-state index contributed by atoms with van der Waals surface area (Å²) in [5, 5.41) is 14.1. The number of rotatable bonds is 4. The van der Waals surface area contributed by atoms with Crippen molar-refractivity contribution in [3.8, 4) is 16.6 Å². The maximum absolute atomic E-state index is 12.2. The third-order valence-corrected chi connectivity index (χ3v) is 3.88. The standard InChI is InChI=1S/C12H10ClN5O3S/c1-18-5-6(10(17-18)20-2)9(19)14-12-16-15-11(21-12)7-3-4-8(13)22-7/h3-5H,1-2H3,(H,14,16,19). The van der Waals surface area contributed by atoms with Crippen LogP contribution in [0, 0.1) is 0 Å². The Balaban J connectivity index is 1.78. The molecule has 1 amide bonds. The van der Waals surface area contributed by atoms with Gasteiger partial charge in [-0.1, -0.05) is 16.7 Å². The van der Waals surface area contributed by atoms with Gasteiger partial charge in [-0.15, -0.1) is 21.5 Å². The van der Waals surface area contributed by atoms with Gasteiger partial charge in [0.15, 0.2) is 0 Å². The Bertz CT molecular complexity index is 824. The Labute approximate surface area is 133 Å². The average Bonchev–Trinajstić information content (AvgIpc) is 3.18. The molecular formula is C12H10ClN5O3S. The fraction of sp³-hybridized carbons (Fsp3) is 0.167. The van der Waals surface area contributed by atoms with Crippen molar-refractivity contribution in [3.63, 3.8) is 0 Å². The number of carbonyl (C=O) groups is 1. The number of ether oxygens (including phenoxy) is 1. The minimum atomic E-state index is -0.454. The summed E-state index contributed by atoms with van der Waals surface area (Å²) in [5.41, 5.74) is 0.268. The van der Waals surface area contributed by atoms with Crippen molar-refractivity contribution >= 4 is 34.9 Å². The third-order valence-electron chi connectivity index (χ3n) is 2.66. The first-order valence-electron chi connectivity index (χ1n) is 6.05. The molecule has 1 N–H and O–H groups in total. The van der Waals surface area contributed by atoms with Crippen LogP contribution in [-0.4, -0.2) is 33.0 Å². The van der Waals surface area contributed by atoms with Gasteiger partial charge in [-0.05, 0) is 12.1 Å². The van der Waals surface area contributed by atoms with Gasteiger partial charge in [0, 0.05) is 13.2 Å². The van der Waals surface area contributed by atoms with Gasteiger partial charge in [0.05, 0.1) is 16.3 Å². The molecule has 0 aliphatic carbocycles. The quantitative estimate of drug-likeness (QED) is 0.784. The predicted octanol–water partition coefficient (Wildman–Crippen LogP) is 2.45. The molecule has 0 atom stereocenters. The zero-order valence-electron chi connectivity index (χ0n) is 11.5. The van der Waals surface area contributed by atoms with E-state index in [1.165, 1.54) is 29.3 Å². The summed E-state index contributed by atoms with van der Waals surface area (Å²) < 4.78 is 12.5. The van der Waals surface area contributed by atoms with Gasteiger partial charge in [0.25, 0.3) is 11.8 Å². The first-order valence-corrected chi connectivity index (χ1v) is 7.24. The van der Waals surface area contributed by atoms with E-state index in [2.05, 4.69) is 20.6 Å². The van der Waals surface area contributed by atoms with Crippen LogP contribution in [0.3, 0.4) is 0 Å². The Morgan fingerprint density at radius 1 is 1.45 bits per heavy atom. The van der Waals surface area contributed by atoms with Crippen LogP contribution in [0.15, 0.2) is 22.7 Å². The second-order valence-electron chi connectivity index (χ2n) is 4.20. The molecule has 10 heteroatoms. The van der Waals surface area contributed by atoms with Gasteiger partial charge in [0.2, 0.25) is 5.88 Å². The summed E-state index contributed by atoms with van der Waals surface area (Å²) in [6.07, 6.45) is 1.53. The van der Waals surface area contributed by atoms with Gasteiger partial charge < -0.3 is 9.15 Å². The molecule has 0 saturated carbocycles. The minimum absolute atomic E-state index is 0.0181. The fourth-order valence-electron chi connectivity index (χ4n) is 1.74. The van der Waals surface area contributed by atoms with Crippen molar-refractivity contribution in [1.82, 2.24) is 20.0 Å². The van der Waals surface area contributed by atoms with Crippen molar-refractivity contribution in [3.05, 3.63) is 28.2 Å². The lowest BCUT2D eigenvalue weighted by molar-refractivity contribution is 0.102. The number of aromatic nitrogens is 4. The highest BCUT2D eigenvalue weighted by atomic mass is 35.5. The van der Waals surface area contributed by atoms with Crippen molar-refractivity contribution < 1.29 is 13.9 Å².